The van der Waals surface area contributed by atoms with E-state index in [9.17, 15) is 0 Å². The number of methoxy groups -OCH3 is 1. The Balaban J connectivity index is 2.04. The standard InChI is InChI=1S/C16H25N3O2/c1-16(2)7-6-12(9-16)18-10-11-4-5-14(21-3)13(8-11)15(17)19-20/h4-5,8,12,18,20H,6-7,9-10H2,1-3H3,(H2,17,19). The Morgan fingerprint density at radius 2 is 2.29 bits per heavy atom. The van der Waals surface area contributed by atoms with Gasteiger partial charge in [0.2, 0.25) is 0 Å². The summed E-state index contributed by atoms with van der Waals surface area (Å²) >= 11 is 0. The minimum absolute atomic E-state index is 0.0655. The monoisotopic (exact) mass is 291 g/mol. The summed E-state index contributed by atoms with van der Waals surface area (Å²) in [6.45, 7) is 5.41. The van der Waals surface area contributed by atoms with Crippen molar-refractivity contribution in [3.63, 3.8) is 0 Å². The Kier molecular flexibility index (Phi) is 4.73. The third-order valence-electron chi connectivity index (χ3n) is 4.21. The Bertz CT molecular complexity index is 526. The number of nitrogens with zero attached hydrogens (tertiary/aromatic N) is 1. The first kappa shape index (κ1) is 15.6. The van der Waals surface area contributed by atoms with E-state index in [1.807, 2.05) is 18.2 Å². The van der Waals surface area contributed by atoms with Crippen molar-refractivity contribution in [3.05, 3.63) is 29.3 Å². The molecule has 1 atom stereocenters. The largest absolute Gasteiger partial charge is 0.496 e. The summed E-state index contributed by atoms with van der Waals surface area (Å²) in [6, 6.07) is 6.32. The predicted molar refractivity (Wildman–Crippen MR) is 83.8 cm³/mol. The Hall–Kier alpha value is -1.75. The lowest BCUT2D eigenvalue weighted by atomic mass is 9.92. The van der Waals surface area contributed by atoms with Crippen LogP contribution in [0.25, 0.3) is 0 Å². The fourth-order valence-electron chi connectivity index (χ4n) is 2.99. The number of benzene rings is 1. The zero-order chi connectivity index (χ0) is 15.5. The van der Waals surface area contributed by atoms with Crippen molar-refractivity contribution >= 4 is 5.84 Å². The number of nitrogens with two attached hydrogens (primary N) is 1. The van der Waals surface area contributed by atoms with Crippen LogP contribution in [0.5, 0.6) is 5.75 Å². The second kappa shape index (κ2) is 6.35. The molecule has 1 aliphatic rings. The third-order valence-corrected chi connectivity index (χ3v) is 4.21. The molecule has 21 heavy (non-hydrogen) atoms. The van der Waals surface area contributed by atoms with E-state index in [1.165, 1.54) is 19.3 Å². The van der Waals surface area contributed by atoms with Gasteiger partial charge < -0.3 is 21.0 Å². The summed E-state index contributed by atoms with van der Waals surface area (Å²) in [5.41, 5.74) is 7.85. The molecular formula is C16H25N3O2. The van der Waals surface area contributed by atoms with Gasteiger partial charge in [0.25, 0.3) is 0 Å². The number of hydrogen-bond donors (Lipinski definition) is 3. The van der Waals surface area contributed by atoms with E-state index < -0.39 is 0 Å². The second-order valence-electron chi connectivity index (χ2n) is 6.50. The van der Waals surface area contributed by atoms with Gasteiger partial charge in [-0.25, -0.2) is 0 Å². The maximum Gasteiger partial charge on any atom is 0.173 e. The first-order chi connectivity index (χ1) is 9.95. The number of ether oxygens (including phenoxy) is 1. The van der Waals surface area contributed by atoms with Gasteiger partial charge in [0.1, 0.15) is 5.75 Å². The lowest BCUT2D eigenvalue weighted by molar-refractivity contribution is 0.318. The molecule has 1 aromatic carbocycles. The van der Waals surface area contributed by atoms with Crippen molar-refractivity contribution in [3.8, 4) is 5.75 Å². The fraction of sp³-hybridized carbons (Fsp3) is 0.562. The lowest BCUT2D eigenvalue weighted by Crippen LogP contribution is -2.27. The van der Waals surface area contributed by atoms with Crippen molar-refractivity contribution in [1.29, 1.82) is 0 Å². The zero-order valence-electron chi connectivity index (χ0n) is 13.0. The molecule has 0 aromatic heterocycles. The minimum Gasteiger partial charge on any atom is -0.496 e. The van der Waals surface area contributed by atoms with Crippen molar-refractivity contribution < 1.29 is 9.94 Å². The molecule has 0 radical (unpaired) electrons. The van der Waals surface area contributed by atoms with Crippen LogP contribution in [-0.4, -0.2) is 24.2 Å². The zero-order valence-corrected chi connectivity index (χ0v) is 13.0. The van der Waals surface area contributed by atoms with Crippen LogP contribution in [0.4, 0.5) is 0 Å². The van der Waals surface area contributed by atoms with E-state index in [-0.39, 0.29) is 5.84 Å². The minimum atomic E-state index is 0.0655. The second-order valence-corrected chi connectivity index (χ2v) is 6.50. The van der Waals surface area contributed by atoms with Crippen LogP contribution in [-0.2, 0) is 6.54 Å². The molecule has 0 spiro atoms. The van der Waals surface area contributed by atoms with Crippen molar-refractivity contribution in [1.82, 2.24) is 5.32 Å². The topological polar surface area (TPSA) is 79.9 Å². The summed E-state index contributed by atoms with van der Waals surface area (Å²) in [6.07, 6.45) is 3.69. The Labute approximate surface area is 126 Å². The first-order valence-electron chi connectivity index (χ1n) is 7.33. The molecule has 1 fully saturated rings. The van der Waals surface area contributed by atoms with Crippen LogP contribution in [0.3, 0.4) is 0 Å². The summed E-state index contributed by atoms with van der Waals surface area (Å²) in [5.74, 6) is 0.673. The molecule has 5 heteroatoms. The first-order valence-corrected chi connectivity index (χ1v) is 7.33. The molecule has 0 bridgehead atoms. The Morgan fingerprint density at radius 1 is 1.52 bits per heavy atom. The molecule has 0 heterocycles. The maximum atomic E-state index is 8.85. The van der Waals surface area contributed by atoms with Crippen LogP contribution in [0, 0.1) is 5.41 Å². The summed E-state index contributed by atoms with van der Waals surface area (Å²) in [4.78, 5) is 0. The number of oxime groups is 1. The van der Waals surface area contributed by atoms with Gasteiger partial charge in [0.05, 0.1) is 12.7 Å². The van der Waals surface area contributed by atoms with E-state index in [0.29, 0.717) is 22.8 Å². The van der Waals surface area contributed by atoms with Crippen LogP contribution >= 0.6 is 0 Å². The average molecular weight is 291 g/mol. The SMILES string of the molecule is COc1ccc(CNC2CCC(C)(C)C2)cc1/C(N)=N/O. The molecule has 1 saturated carbocycles. The quantitative estimate of drug-likeness (QED) is 0.337. The van der Waals surface area contributed by atoms with Gasteiger partial charge >= 0.3 is 0 Å². The molecule has 5 nitrogen and oxygen atoms in total. The number of hydrogen-bond acceptors (Lipinski definition) is 4. The molecule has 1 aromatic rings. The van der Waals surface area contributed by atoms with Crippen molar-refractivity contribution in [2.24, 2.45) is 16.3 Å². The molecule has 116 valence electrons. The van der Waals surface area contributed by atoms with E-state index in [1.54, 1.807) is 7.11 Å². The van der Waals surface area contributed by atoms with Crippen molar-refractivity contribution in [2.45, 2.75) is 45.7 Å². The molecule has 1 unspecified atom stereocenters. The van der Waals surface area contributed by atoms with Crippen LogP contribution in [0.15, 0.2) is 23.4 Å². The average Bonchev–Trinajstić information content (AvgIpc) is 2.83. The van der Waals surface area contributed by atoms with Gasteiger partial charge in [-0.15, -0.1) is 0 Å². The molecule has 0 amide bonds. The predicted octanol–water partition coefficient (Wildman–Crippen LogP) is 2.46. The van der Waals surface area contributed by atoms with E-state index in [2.05, 4.69) is 24.3 Å². The molecule has 0 saturated heterocycles. The van der Waals surface area contributed by atoms with Crippen LogP contribution in [0.1, 0.15) is 44.2 Å². The highest BCUT2D eigenvalue weighted by Gasteiger charge is 2.30. The van der Waals surface area contributed by atoms with E-state index in [4.69, 9.17) is 15.7 Å². The smallest absolute Gasteiger partial charge is 0.173 e. The van der Waals surface area contributed by atoms with E-state index >= 15 is 0 Å². The lowest BCUT2D eigenvalue weighted by Gasteiger charge is -2.18. The van der Waals surface area contributed by atoms with Crippen molar-refractivity contribution in [2.75, 3.05) is 7.11 Å². The summed E-state index contributed by atoms with van der Waals surface area (Å²) in [5, 5.41) is 15.5. The fourth-order valence-corrected chi connectivity index (χ4v) is 2.99. The highest BCUT2D eigenvalue weighted by Crippen LogP contribution is 2.37. The normalized spacial score (nSPS) is 21.5. The van der Waals surface area contributed by atoms with Gasteiger partial charge in [-0.2, -0.15) is 0 Å². The van der Waals surface area contributed by atoms with E-state index in [0.717, 1.165) is 12.1 Å². The van der Waals surface area contributed by atoms with Gasteiger partial charge in [-0.3, -0.25) is 0 Å². The number of amidine groups is 1. The highest BCUT2D eigenvalue weighted by molar-refractivity contribution is 5.99. The highest BCUT2D eigenvalue weighted by atomic mass is 16.5. The third kappa shape index (κ3) is 3.88. The van der Waals surface area contributed by atoms with Gasteiger partial charge in [0, 0.05) is 12.6 Å². The van der Waals surface area contributed by atoms with Gasteiger partial charge in [0.15, 0.2) is 5.84 Å². The summed E-state index contributed by atoms with van der Waals surface area (Å²) in [7, 11) is 1.57. The maximum absolute atomic E-state index is 8.85. The Morgan fingerprint density at radius 3 is 2.86 bits per heavy atom. The number of rotatable bonds is 5. The molecular weight excluding hydrogens is 266 g/mol. The van der Waals surface area contributed by atoms with Crippen LogP contribution < -0.4 is 15.8 Å². The van der Waals surface area contributed by atoms with Crippen LogP contribution in [0.2, 0.25) is 0 Å². The molecule has 4 N–H and O–H groups in total. The van der Waals surface area contributed by atoms with Gasteiger partial charge in [-0.1, -0.05) is 25.1 Å². The molecule has 1 aliphatic carbocycles. The molecule has 2 rings (SSSR count). The molecule has 0 aliphatic heterocycles. The summed E-state index contributed by atoms with van der Waals surface area (Å²) < 4.78 is 5.24. The number of nitrogens with one attached hydrogen (secondary N) is 1. The van der Waals surface area contributed by atoms with Gasteiger partial charge in [-0.05, 0) is 42.4 Å².